The zero-order valence-corrected chi connectivity index (χ0v) is 12.8. The molecule has 6 heteroatoms. The van der Waals surface area contributed by atoms with Gasteiger partial charge in [-0.1, -0.05) is 6.92 Å². The molecular formula is C10H16BrNO2S2. The Balaban J connectivity index is 2.98. The van der Waals surface area contributed by atoms with Gasteiger partial charge < -0.3 is 5.32 Å². The summed E-state index contributed by atoms with van der Waals surface area (Å²) in [5.41, 5.74) is 0. The van der Waals surface area contributed by atoms with Crippen molar-refractivity contribution < 1.29 is 8.42 Å². The van der Waals surface area contributed by atoms with Crippen LogP contribution in [0.15, 0.2) is 10.5 Å². The van der Waals surface area contributed by atoms with Crippen molar-refractivity contribution in [1.29, 1.82) is 0 Å². The lowest BCUT2D eigenvalue weighted by Gasteiger charge is -2.15. The molecule has 0 aliphatic rings. The minimum Gasteiger partial charge on any atom is -0.309 e. The zero-order valence-electron chi connectivity index (χ0n) is 9.58. The van der Waals surface area contributed by atoms with Gasteiger partial charge in [0.2, 0.25) is 0 Å². The topological polar surface area (TPSA) is 46.2 Å². The predicted molar refractivity (Wildman–Crippen MR) is 72.9 cm³/mol. The molecule has 1 unspecified atom stereocenters. The van der Waals surface area contributed by atoms with Gasteiger partial charge in [0.15, 0.2) is 0 Å². The van der Waals surface area contributed by atoms with Crippen LogP contribution in [0, 0.1) is 6.92 Å². The van der Waals surface area contributed by atoms with Crippen LogP contribution in [0.2, 0.25) is 0 Å². The van der Waals surface area contributed by atoms with E-state index >= 15 is 0 Å². The molecule has 0 radical (unpaired) electrons. The number of aryl methyl sites for hydroxylation is 1. The van der Waals surface area contributed by atoms with Crippen LogP contribution in [0.3, 0.4) is 0 Å². The normalized spacial score (nSPS) is 14.0. The molecule has 1 N–H and O–H groups in total. The summed E-state index contributed by atoms with van der Waals surface area (Å²) in [6, 6.07) is 1.90. The second-order valence-electron chi connectivity index (χ2n) is 3.77. The highest BCUT2D eigenvalue weighted by atomic mass is 79.9. The molecule has 1 aromatic heterocycles. The highest BCUT2D eigenvalue weighted by Crippen LogP contribution is 2.32. The maximum Gasteiger partial charge on any atom is 0.149 e. The van der Waals surface area contributed by atoms with E-state index in [4.69, 9.17) is 0 Å². The third-order valence-electron chi connectivity index (χ3n) is 2.07. The molecule has 1 rings (SSSR count). The number of rotatable bonds is 5. The van der Waals surface area contributed by atoms with E-state index in [1.54, 1.807) is 11.3 Å². The Morgan fingerprint density at radius 3 is 2.56 bits per heavy atom. The Kier molecular flexibility index (Phi) is 4.97. The molecular weight excluding hydrogens is 310 g/mol. The molecule has 0 aromatic carbocycles. The van der Waals surface area contributed by atoms with Crippen molar-refractivity contribution in [3.05, 3.63) is 20.3 Å². The quantitative estimate of drug-likeness (QED) is 0.904. The highest BCUT2D eigenvalue weighted by molar-refractivity contribution is 9.10. The van der Waals surface area contributed by atoms with Gasteiger partial charge in [0.05, 0.1) is 11.8 Å². The fourth-order valence-corrected chi connectivity index (χ4v) is 4.51. The van der Waals surface area contributed by atoms with Crippen molar-refractivity contribution >= 4 is 37.1 Å². The van der Waals surface area contributed by atoms with Gasteiger partial charge in [-0.05, 0) is 35.5 Å². The van der Waals surface area contributed by atoms with Gasteiger partial charge in [-0.3, -0.25) is 0 Å². The van der Waals surface area contributed by atoms with Gasteiger partial charge in [-0.15, -0.1) is 11.3 Å². The summed E-state index contributed by atoms with van der Waals surface area (Å²) >= 11 is 5.10. The zero-order chi connectivity index (χ0) is 12.3. The maximum absolute atomic E-state index is 11.4. The van der Waals surface area contributed by atoms with Crippen molar-refractivity contribution in [1.82, 2.24) is 5.32 Å². The number of nitrogens with one attached hydrogen (secondary N) is 1. The van der Waals surface area contributed by atoms with E-state index in [1.165, 1.54) is 11.1 Å². The van der Waals surface area contributed by atoms with E-state index in [-0.39, 0.29) is 11.8 Å². The van der Waals surface area contributed by atoms with Crippen molar-refractivity contribution in [3.63, 3.8) is 0 Å². The predicted octanol–water partition coefficient (Wildman–Crippen LogP) is 2.51. The molecule has 0 spiro atoms. The molecule has 1 heterocycles. The molecule has 1 aromatic rings. The summed E-state index contributed by atoms with van der Waals surface area (Å²) in [4.78, 5) is 2.24. The van der Waals surface area contributed by atoms with Gasteiger partial charge >= 0.3 is 0 Å². The Hall–Kier alpha value is 0.0900. The third-order valence-corrected chi connectivity index (χ3v) is 5.09. The van der Waals surface area contributed by atoms with Crippen LogP contribution >= 0.6 is 27.3 Å². The van der Waals surface area contributed by atoms with Crippen LogP contribution in [0.5, 0.6) is 0 Å². The summed E-state index contributed by atoms with van der Waals surface area (Å²) in [7, 11) is -2.98. The van der Waals surface area contributed by atoms with Gasteiger partial charge in [0.1, 0.15) is 9.84 Å². The van der Waals surface area contributed by atoms with Gasteiger partial charge in [-0.2, -0.15) is 0 Å². The first kappa shape index (κ1) is 14.2. The van der Waals surface area contributed by atoms with Crippen LogP contribution in [0.25, 0.3) is 0 Å². The van der Waals surface area contributed by atoms with E-state index in [0.29, 0.717) is 0 Å². The first-order chi connectivity index (χ1) is 7.33. The second-order valence-corrected chi connectivity index (χ2v) is 8.10. The standard InChI is InChI=1S/C10H16BrNO2S2/c1-4-12-9(6-16(3,13)14)10-8(11)5-7(2)15-10/h5,9,12H,4,6H2,1-3H3. The fraction of sp³-hybridized carbons (Fsp3) is 0.600. The SMILES string of the molecule is CCNC(CS(C)(=O)=O)c1sc(C)cc1Br. The molecule has 0 bridgehead atoms. The Bertz CT molecular complexity index is 453. The Labute approximate surface area is 109 Å². The lowest BCUT2D eigenvalue weighted by Crippen LogP contribution is -2.27. The highest BCUT2D eigenvalue weighted by Gasteiger charge is 2.20. The van der Waals surface area contributed by atoms with E-state index < -0.39 is 9.84 Å². The molecule has 92 valence electrons. The summed E-state index contributed by atoms with van der Waals surface area (Å²) in [6.07, 6.45) is 1.27. The summed E-state index contributed by atoms with van der Waals surface area (Å²) in [6.45, 7) is 4.75. The summed E-state index contributed by atoms with van der Waals surface area (Å²) < 4.78 is 23.7. The molecule has 1 atom stereocenters. The fourth-order valence-electron chi connectivity index (χ4n) is 1.52. The van der Waals surface area contributed by atoms with Crippen LogP contribution in [0.1, 0.15) is 22.7 Å². The molecule has 3 nitrogen and oxygen atoms in total. The third kappa shape index (κ3) is 4.16. The van der Waals surface area contributed by atoms with Crippen LogP contribution in [-0.2, 0) is 9.84 Å². The minimum atomic E-state index is -2.98. The molecule has 0 aliphatic carbocycles. The van der Waals surface area contributed by atoms with E-state index in [2.05, 4.69) is 21.2 Å². The Morgan fingerprint density at radius 2 is 2.19 bits per heavy atom. The minimum absolute atomic E-state index is 0.118. The first-order valence-electron chi connectivity index (χ1n) is 5.00. The average Bonchev–Trinajstić information content (AvgIpc) is 2.42. The number of halogens is 1. The number of hydrogen-bond donors (Lipinski definition) is 1. The lowest BCUT2D eigenvalue weighted by atomic mass is 10.2. The molecule has 16 heavy (non-hydrogen) atoms. The molecule has 0 aliphatic heterocycles. The summed E-state index contributed by atoms with van der Waals surface area (Å²) in [5.74, 6) is 0.138. The first-order valence-corrected chi connectivity index (χ1v) is 8.67. The lowest BCUT2D eigenvalue weighted by molar-refractivity contribution is 0.566. The van der Waals surface area contributed by atoms with Crippen molar-refractivity contribution in [2.75, 3.05) is 18.6 Å². The number of sulfone groups is 1. The largest absolute Gasteiger partial charge is 0.309 e. The van der Waals surface area contributed by atoms with E-state index in [0.717, 1.165) is 15.9 Å². The molecule has 0 saturated carbocycles. The number of hydrogen-bond acceptors (Lipinski definition) is 4. The number of thiophene rings is 1. The van der Waals surface area contributed by atoms with Crippen molar-refractivity contribution in [2.24, 2.45) is 0 Å². The molecule has 0 amide bonds. The monoisotopic (exact) mass is 325 g/mol. The maximum atomic E-state index is 11.4. The van der Waals surface area contributed by atoms with Crippen molar-refractivity contribution in [2.45, 2.75) is 19.9 Å². The Morgan fingerprint density at radius 1 is 1.56 bits per heavy atom. The molecule has 0 fully saturated rings. The van der Waals surface area contributed by atoms with Crippen LogP contribution in [-0.4, -0.2) is 27.0 Å². The van der Waals surface area contributed by atoms with Crippen molar-refractivity contribution in [3.8, 4) is 0 Å². The molecule has 0 saturated heterocycles. The van der Waals surface area contributed by atoms with Gasteiger partial charge in [0.25, 0.3) is 0 Å². The van der Waals surface area contributed by atoms with E-state index in [9.17, 15) is 8.42 Å². The van der Waals surface area contributed by atoms with E-state index in [1.807, 2.05) is 19.9 Å². The van der Waals surface area contributed by atoms with Crippen LogP contribution in [0.4, 0.5) is 0 Å². The van der Waals surface area contributed by atoms with Gasteiger partial charge in [-0.25, -0.2) is 8.42 Å². The smallest absolute Gasteiger partial charge is 0.149 e. The average molecular weight is 326 g/mol. The second kappa shape index (κ2) is 5.62. The van der Waals surface area contributed by atoms with Gasteiger partial charge in [0, 0.05) is 20.5 Å². The summed E-state index contributed by atoms with van der Waals surface area (Å²) in [5, 5.41) is 3.21. The van der Waals surface area contributed by atoms with Crippen LogP contribution < -0.4 is 5.32 Å².